The molecule has 0 unspecified atom stereocenters. The third-order valence-corrected chi connectivity index (χ3v) is 3.69. The van der Waals surface area contributed by atoms with Crippen LogP contribution < -0.4 is 4.74 Å². The van der Waals surface area contributed by atoms with Crippen LogP contribution in [-0.2, 0) is 0 Å². The predicted octanol–water partition coefficient (Wildman–Crippen LogP) is 4.99. The summed E-state index contributed by atoms with van der Waals surface area (Å²) in [6, 6.07) is 12.2. The number of ether oxygens (including phenoxy) is 1. The van der Waals surface area contributed by atoms with E-state index >= 15 is 0 Å². The number of thiazole rings is 1. The average molecular weight is 324 g/mol. The first-order valence-electron chi connectivity index (χ1n) is 5.20. The Morgan fingerprint density at radius 1 is 1.17 bits per heavy atom. The Morgan fingerprint density at radius 2 is 2.00 bits per heavy atom. The van der Waals surface area contributed by atoms with Gasteiger partial charge in [-0.15, -0.1) is 0 Å². The Balaban J connectivity index is 1.96. The Bertz CT molecular complexity index is 660. The second kappa shape index (κ2) is 4.66. The van der Waals surface area contributed by atoms with Gasteiger partial charge in [0.25, 0.3) is 5.19 Å². The van der Waals surface area contributed by atoms with Crippen molar-refractivity contribution in [3.05, 3.63) is 52.8 Å². The number of hydrogen-bond donors (Lipinski definition) is 0. The largest absolute Gasteiger partial charge is 0.431 e. The van der Waals surface area contributed by atoms with Gasteiger partial charge < -0.3 is 4.74 Å². The highest BCUT2D eigenvalue weighted by Crippen LogP contribution is 2.32. The second-order valence-electron chi connectivity index (χ2n) is 3.65. The molecule has 0 saturated carbocycles. The van der Waals surface area contributed by atoms with Crippen LogP contribution in [0.3, 0.4) is 0 Å². The zero-order chi connectivity index (χ0) is 12.5. The van der Waals surface area contributed by atoms with Gasteiger partial charge in [-0.3, -0.25) is 0 Å². The van der Waals surface area contributed by atoms with E-state index in [1.807, 2.05) is 24.3 Å². The molecule has 5 heteroatoms. The molecule has 0 atom stereocenters. The summed E-state index contributed by atoms with van der Waals surface area (Å²) in [4.78, 5) is 4.33. The molecule has 3 aromatic rings. The Labute approximate surface area is 115 Å². The zero-order valence-electron chi connectivity index (χ0n) is 9.06. The van der Waals surface area contributed by atoms with Gasteiger partial charge in [-0.2, -0.15) is 0 Å². The topological polar surface area (TPSA) is 22.1 Å². The van der Waals surface area contributed by atoms with E-state index in [2.05, 4.69) is 20.9 Å². The third-order valence-electron chi connectivity index (χ3n) is 2.32. The molecule has 2 nitrogen and oxygen atoms in total. The maximum absolute atomic E-state index is 13.2. The molecule has 0 aliphatic rings. The molecule has 1 aromatic heterocycles. The van der Waals surface area contributed by atoms with E-state index in [9.17, 15) is 4.39 Å². The van der Waals surface area contributed by atoms with Gasteiger partial charge >= 0.3 is 0 Å². The first-order chi connectivity index (χ1) is 8.70. The molecule has 90 valence electrons. The van der Waals surface area contributed by atoms with Crippen LogP contribution in [0, 0.1) is 5.82 Å². The quantitative estimate of drug-likeness (QED) is 0.662. The SMILES string of the molecule is Fc1cc(Br)cc(Oc2nc3ccccc3s2)c1. The third kappa shape index (κ3) is 2.37. The summed E-state index contributed by atoms with van der Waals surface area (Å²) >= 11 is 4.66. The second-order valence-corrected chi connectivity index (χ2v) is 5.56. The monoisotopic (exact) mass is 323 g/mol. The zero-order valence-corrected chi connectivity index (χ0v) is 11.5. The van der Waals surface area contributed by atoms with Gasteiger partial charge in [-0.1, -0.05) is 39.4 Å². The van der Waals surface area contributed by atoms with Crippen LogP contribution in [0.15, 0.2) is 46.9 Å². The minimum absolute atomic E-state index is 0.347. The number of fused-ring (bicyclic) bond motifs is 1. The summed E-state index contributed by atoms with van der Waals surface area (Å²) in [6.45, 7) is 0. The highest BCUT2D eigenvalue weighted by Gasteiger charge is 2.07. The lowest BCUT2D eigenvalue weighted by Crippen LogP contribution is -1.84. The normalized spacial score (nSPS) is 10.8. The first kappa shape index (κ1) is 11.6. The highest BCUT2D eigenvalue weighted by molar-refractivity contribution is 9.10. The van der Waals surface area contributed by atoms with E-state index in [4.69, 9.17) is 4.74 Å². The molecule has 0 spiro atoms. The Kier molecular flexibility index (Phi) is 3.01. The lowest BCUT2D eigenvalue weighted by molar-refractivity contribution is 0.474. The maximum Gasteiger partial charge on any atom is 0.279 e. The van der Waals surface area contributed by atoms with Crippen molar-refractivity contribution in [3.63, 3.8) is 0 Å². The molecule has 0 aliphatic carbocycles. The minimum atomic E-state index is -0.347. The van der Waals surface area contributed by atoms with Crippen LogP contribution in [0.4, 0.5) is 4.39 Å². The number of hydrogen-bond acceptors (Lipinski definition) is 3. The van der Waals surface area contributed by atoms with Crippen molar-refractivity contribution in [2.45, 2.75) is 0 Å². The van der Waals surface area contributed by atoms with E-state index in [0.717, 1.165) is 10.2 Å². The van der Waals surface area contributed by atoms with E-state index in [1.54, 1.807) is 6.07 Å². The Hall–Kier alpha value is -1.46. The van der Waals surface area contributed by atoms with Crippen molar-refractivity contribution >= 4 is 37.5 Å². The lowest BCUT2D eigenvalue weighted by Gasteiger charge is -2.01. The van der Waals surface area contributed by atoms with Crippen molar-refractivity contribution in [2.24, 2.45) is 0 Å². The highest BCUT2D eigenvalue weighted by atomic mass is 79.9. The van der Waals surface area contributed by atoms with Crippen molar-refractivity contribution in [1.29, 1.82) is 0 Å². The predicted molar refractivity (Wildman–Crippen MR) is 73.8 cm³/mol. The summed E-state index contributed by atoms with van der Waals surface area (Å²) in [6.07, 6.45) is 0. The number of nitrogens with zero attached hydrogens (tertiary/aromatic N) is 1. The number of para-hydroxylation sites is 1. The maximum atomic E-state index is 13.2. The van der Waals surface area contributed by atoms with Gasteiger partial charge in [0.05, 0.1) is 10.2 Å². The summed E-state index contributed by atoms with van der Waals surface area (Å²) in [5.74, 6) is 0.0846. The van der Waals surface area contributed by atoms with Crippen LogP contribution in [-0.4, -0.2) is 4.98 Å². The fraction of sp³-hybridized carbons (Fsp3) is 0. The van der Waals surface area contributed by atoms with Gasteiger partial charge in [-0.25, -0.2) is 9.37 Å². The molecule has 0 N–H and O–H groups in total. The summed E-state index contributed by atoms with van der Waals surface area (Å²) in [5.41, 5.74) is 0.882. The number of aromatic nitrogens is 1. The molecule has 0 fully saturated rings. The number of halogens is 2. The molecule has 0 radical (unpaired) electrons. The molecule has 1 heterocycles. The first-order valence-corrected chi connectivity index (χ1v) is 6.81. The molecule has 0 bridgehead atoms. The van der Waals surface area contributed by atoms with Gasteiger partial charge in [-0.05, 0) is 24.3 Å². The fourth-order valence-electron chi connectivity index (χ4n) is 1.58. The van der Waals surface area contributed by atoms with E-state index in [1.165, 1.54) is 23.5 Å². The van der Waals surface area contributed by atoms with Gasteiger partial charge in [0.1, 0.15) is 11.6 Å². The summed E-state index contributed by atoms with van der Waals surface area (Å²) < 4.78 is 20.5. The molecule has 18 heavy (non-hydrogen) atoms. The molecule has 0 aliphatic heterocycles. The number of rotatable bonds is 2. The van der Waals surface area contributed by atoms with Crippen molar-refractivity contribution in [2.75, 3.05) is 0 Å². The minimum Gasteiger partial charge on any atom is -0.431 e. The summed E-state index contributed by atoms with van der Waals surface area (Å²) in [5, 5.41) is 0.508. The molecule has 3 rings (SSSR count). The number of benzene rings is 2. The van der Waals surface area contributed by atoms with Crippen LogP contribution in [0.25, 0.3) is 10.2 Å². The summed E-state index contributed by atoms with van der Waals surface area (Å²) in [7, 11) is 0. The smallest absolute Gasteiger partial charge is 0.279 e. The Morgan fingerprint density at radius 3 is 2.78 bits per heavy atom. The lowest BCUT2D eigenvalue weighted by atomic mass is 10.3. The van der Waals surface area contributed by atoms with Gasteiger partial charge in [0, 0.05) is 10.5 Å². The van der Waals surface area contributed by atoms with Crippen LogP contribution in [0.2, 0.25) is 0 Å². The molecule has 0 saturated heterocycles. The van der Waals surface area contributed by atoms with Crippen molar-refractivity contribution < 1.29 is 9.13 Å². The fourth-order valence-corrected chi connectivity index (χ4v) is 2.86. The van der Waals surface area contributed by atoms with Gasteiger partial charge in [0.15, 0.2) is 0 Å². The van der Waals surface area contributed by atoms with Gasteiger partial charge in [0.2, 0.25) is 0 Å². The van der Waals surface area contributed by atoms with Crippen LogP contribution >= 0.6 is 27.3 Å². The van der Waals surface area contributed by atoms with E-state index in [-0.39, 0.29) is 5.82 Å². The molecule has 2 aromatic carbocycles. The van der Waals surface area contributed by atoms with E-state index in [0.29, 0.717) is 15.4 Å². The molecular weight excluding hydrogens is 317 g/mol. The van der Waals surface area contributed by atoms with Crippen molar-refractivity contribution in [3.8, 4) is 10.9 Å². The molecule has 0 amide bonds. The van der Waals surface area contributed by atoms with E-state index < -0.39 is 0 Å². The average Bonchev–Trinajstić information content (AvgIpc) is 2.69. The van der Waals surface area contributed by atoms with Crippen LogP contribution in [0.5, 0.6) is 10.9 Å². The standard InChI is InChI=1S/C13H7BrFNOS/c14-8-5-9(15)7-10(6-8)17-13-16-11-3-1-2-4-12(11)18-13/h1-7H. The van der Waals surface area contributed by atoms with Crippen molar-refractivity contribution in [1.82, 2.24) is 4.98 Å². The molecular formula is C13H7BrFNOS. The van der Waals surface area contributed by atoms with Crippen LogP contribution in [0.1, 0.15) is 0 Å².